The highest BCUT2D eigenvalue weighted by molar-refractivity contribution is 5.94. The van der Waals surface area contributed by atoms with Crippen molar-refractivity contribution < 1.29 is 81.6 Å². The number of ether oxygens (including phenoxy) is 9. The summed E-state index contributed by atoms with van der Waals surface area (Å²) in [7, 11) is 13.5. The Bertz CT molecular complexity index is 4830. The van der Waals surface area contributed by atoms with Crippen LogP contribution in [0.1, 0.15) is 244 Å². The van der Waals surface area contributed by atoms with Crippen LogP contribution >= 0.6 is 0 Å². The summed E-state index contributed by atoms with van der Waals surface area (Å²) >= 11 is 0. The molecule has 0 atom stereocenters. The van der Waals surface area contributed by atoms with E-state index in [2.05, 4.69) is 178 Å². The molecular formula is C106H148N6O17. The number of hydrogen-bond donors (Lipinski definition) is 8. The fourth-order valence-corrected chi connectivity index (χ4v) is 11.6. The molecule has 0 bridgehead atoms. The lowest BCUT2D eigenvalue weighted by Gasteiger charge is -2.11. The van der Waals surface area contributed by atoms with Crippen LogP contribution in [0.5, 0.6) is 28.7 Å². The molecule has 23 nitrogen and oxygen atoms in total. The minimum Gasteiger partial charge on any atom is -0.495 e. The number of aromatic carboxylic acids is 2. The number of carboxylic acid groups (broad SMARTS) is 2. The molecule has 6 aromatic rings. The molecule has 0 saturated carbocycles. The highest BCUT2D eigenvalue weighted by atomic mass is 16.5. The van der Waals surface area contributed by atoms with Gasteiger partial charge in [-0.15, -0.1) is 0 Å². The van der Waals surface area contributed by atoms with Crippen molar-refractivity contribution >= 4 is 69.9 Å². The Morgan fingerprint density at radius 3 is 0.690 bits per heavy atom. The maximum atomic E-state index is 11.7. The summed E-state index contributed by atoms with van der Waals surface area (Å²) in [6.07, 6.45) is 34.9. The summed E-state index contributed by atoms with van der Waals surface area (Å²) in [6.45, 7) is 39.8. The molecule has 129 heavy (non-hydrogen) atoms. The maximum Gasteiger partial charge on any atom is 0.337 e. The molecule has 0 radical (unpaired) electrons. The minimum atomic E-state index is -0.946. The van der Waals surface area contributed by atoms with Gasteiger partial charge in [0.1, 0.15) is 28.7 Å². The summed E-state index contributed by atoms with van der Waals surface area (Å²) in [6, 6.07) is 32.4. The third-order valence-electron chi connectivity index (χ3n) is 19.0. The quantitative estimate of drug-likeness (QED) is 0.0100. The fourth-order valence-electron chi connectivity index (χ4n) is 11.6. The predicted octanol–water partition coefficient (Wildman–Crippen LogP) is 25.6. The average molecular weight is 1780 g/mol. The van der Waals surface area contributed by atoms with Crippen LogP contribution in [-0.4, -0.2) is 149 Å². The van der Waals surface area contributed by atoms with Crippen LogP contribution in [-0.2, 0) is 18.9 Å². The number of hydrogen-bond acceptors (Lipinski definition) is 21. The molecule has 6 aromatic carbocycles. The smallest absolute Gasteiger partial charge is 0.337 e. The summed E-state index contributed by atoms with van der Waals surface area (Å²) in [5, 5.41) is 37.4. The Hall–Kier alpha value is -12.9. The van der Waals surface area contributed by atoms with E-state index in [-0.39, 0.29) is 35.0 Å². The first-order valence-electron chi connectivity index (χ1n) is 43.3. The lowest BCUT2D eigenvalue weighted by atomic mass is 10.1. The van der Waals surface area contributed by atoms with Gasteiger partial charge < -0.3 is 84.7 Å². The Morgan fingerprint density at radius 2 is 0.457 bits per heavy atom. The molecule has 6 rings (SSSR count). The number of carbonyl (C=O) groups is 6. The molecule has 704 valence electrons. The molecular weight excluding hydrogens is 1630 g/mol. The standard InChI is InChI=1S/C24H35NO3.C23H33NO3.C19H27NO3.C14H19NO3.C13H17NO3.C13H17NO2/c1-18(2)9-7-10-19(3)11-8-12-20(4)15-16-25-22-17-21(24(26)28-6)13-14-23(22)27-5;1-17(2)8-6-9-18(3)10-7-11-19(4)14-15-24-21-16-20(23(25)26)12-13-22(21)27-5;1-14(2)7-6-8-15(3)11-12-20-17-13-16(19(21)23-5)9-10-18(17)22-4;1-10(2)7-8-15-12-9-11(14(16)18-4)5-6-13(12)17-3;1-9(2)6-7-14-11-8-10(13(15)16)4-5-12(11)17-3;1-10(2)7-8-14-12-6-4-5-11(9-12)13(15)16-3/h9,11,13-15,17,25H,7-8,10,12,16H2,1-6H3;8,10,12-14,16,24H,6-7,9,11,15H2,1-5H3,(H,25,26);7,9-11,13,20H,6,8,12H2,1-5H3;5-7,9,15H,8H2,1-4H3;4-6,8,14H,7H2,1-3H3,(H,15,16);4-7,9,14H,8H2,1-3H3/b19-11+,20-15+;18-10+,19-14+;15-11+;;;. The van der Waals surface area contributed by atoms with E-state index in [4.69, 9.17) is 43.4 Å². The highest BCUT2D eigenvalue weighted by Gasteiger charge is 2.16. The molecule has 8 N–H and O–H groups in total. The Balaban J connectivity index is 0.000000783. The Morgan fingerprint density at radius 1 is 0.248 bits per heavy atom. The van der Waals surface area contributed by atoms with E-state index in [9.17, 15) is 28.8 Å². The Labute approximate surface area is 770 Å². The summed E-state index contributed by atoms with van der Waals surface area (Å²) < 4.78 is 45.2. The van der Waals surface area contributed by atoms with Crippen LogP contribution in [0.4, 0.5) is 34.1 Å². The molecule has 0 saturated heterocycles. The van der Waals surface area contributed by atoms with Gasteiger partial charge in [0.2, 0.25) is 0 Å². The largest absolute Gasteiger partial charge is 0.495 e. The van der Waals surface area contributed by atoms with Crippen LogP contribution in [0.2, 0.25) is 0 Å². The number of esters is 4. The maximum absolute atomic E-state index is 11.7. The van der Waals surface area contributed by atoms with Crippen LogP contribution in [0.15, 0.2) is 243 Å². The molecule has 0 aliphatic heterocycles. The van der Waals surface area contributed by atoms with Crippen molar-refractivity contribution in [1.82, 2.24) is 0 Å². The summed E-state index contributed by atoms with van der Waals surface area (Å²) in [5.74, 6) is 0.101. The van der Waals surface area contributed by atoms with Gasteiger partial charge in [0.05, 0.1) is 126 Å². The second-order valence-electron chi connectivity index (χ2n) is 31.7. The first-order valence-corrected chi connectivity index (χ1v) is 43.3. The zero-order valence-electron chi connectivity index (χ0n) is 81.7. The van der Waals surface area contributed by atoms with Crippen LogP contribution < -0.4 is 55.6 Å². The minimum absolute atomic E-state index is 0.241. The molecule has 0 amide bonds. The molecule has 0 fully saturated rings. The SMILES string of the molecule is COC(=O)c1ccc(OC)c(NC/C=C(\C)CC/C=C(\C)CCC=C(C)C)c1.COC(=O)c1ccc(OC)c(NC/C=C(\C)CCC=C(C)C)c1.COC(=O)c1ccc(OC)c(NCC=C(C)C)c1.COC(=O)c1cccc(NCC=C(C)C)c1.COc1ccc(C(=O)O)cc1NC/C=C(\C)CC/C=C(\C)CCC=C(C)C.COc1ccc(C(=O)O)cc1NCC=C(C)C. The second-order valence-corrected chi connectivity index (χ2v) is 31.7. The van der Waals surface area contributed by atoms with Gasteiger partial charge in [-0.2, -0.15) is 0 Å². The highest BCUT2D eigenvalue weighted by Crippen LogP contribution is 2.31. The van der Waals surface area contributed by atoms with Gasteiger partial charge in [-0.05, 0) is 291 Å². The van der Waals surface area contributed by atoms with Gasteiger partial charge in [0, 0.05) is 45.0 Å². The van der Waals surface area contributed by atoms with E-state index >= 15 is 0 Å². The zero-order valence-corrected chi connectivity index (χ0v) is 81.7. The van der Waals surface area contributed by atoms with Gasteiger partial charge in [-0.3, -0.25) is 0 Å². The van der Waals surface area contributed by atoms with Crippen molar-refractivity contribution in [1.29, 1.82) is 0 Å². The van der Waals surface area contributed by atoms with Crippen molar-refractivity contribution in [2.24, 2.45) is 0 Å². The molecule has 0 unspecified atom stereocenters. The number of carbonyl (C=O) groups excluding carboxylic acids is 4. The van der Waals surface area contributed by atoms with Crippen LogP contribution in [0.3, 0.4) is 0 Å². The molecule has 0 aliphatic carbocycles. The normalized spacial score (nSPS) is 10.8. The van der Waals surface area contributed by atoms with Crippen molar-refractivity contribution in [3.63, 3.8) is 0 Å². The second kappa shape index (κ2) is 66.5. The van der Waals surface area contributed by atoms with Gasteiger partial charge in [-0.1, -0.05) is 134 Å². The lowest BCUT2D eigenvalue weighted by molar-refractivity contribution is 0.0592. The number of methoxy groups -OCH3 is 9. The van der Waals surface area contributed by atoms with Crippen molar-refractivity contribution in [2.75, 3.05) is 135 Å². The van der Waals surface area contributed by atoms with Gasteiger partial charge in [0.15, 0.2) is 0 Å². The van der Waals surface area contributed by atoms with Crippen molar-refractivity contribution in [3.05, 3.63) is 277 Å². The van der Waals surface area contributed by atoms with E-state index in [1.807, 2.05) is 59.8 Å². The zero-order chi connectivity index (χ0) is 96.8. The number of anilines is 6. The van der Waals surface area contributed by atoms with Crippen molar-refractivity contribution in [3.8, 4) is 28.7 Å². The van der Waals surface area contributed by atoms with Gasteiger partial charge >= 0.3 is 35.8 Å². The van der Waals surface area contributed by atoms with E-state index in [0.29, 0.717) is 95.1 Å². The lowest BCUT2D eigenvalue weighted by Crippen LogP contribution is -2.05. The third kappa shape index (κ3) is 50.9. The molecule has 0 heterocycles. The molecule has 23 heteroatoms. The fraction of sp³-hybridized carbons (Fsp3) is 0.396. The van der Waals surface area contributed by atoms with E-state index < -0.39 is 11.9 Å². The van der Waals surface area contributed by atoms with Crippen LogP contribution in [0, 0.1) is 0 Å². The van der Waals surface area contributed by atoms with Gasteiger partial charge in [-0.25, -0.2) is 28.8 Å². The van der Waals surface area contributed by atoms with Gasteiger partial charge in [0.25, 0.3) is 0 Å². The van der Waals surface area contributed by atoms with E-state index in [1.165, 1.54) is 95.8 Å². The first-order chi connectivity index (χ1) is 61.4. The molecule has 0 aliphatic rings. The summed E-state index contributed by atoms with van der Waals surface area (Å²) in [4.78, 5) is 68.0. The number of nitrogens with one attached hydrogen (secondary N) is 6. The monoisotopic (exact) mass is 1780 g/mol. The van der Waals surface area contributed by atoms with Crippen LogP contribution in [0.25, 0.3) is 0 Å². The average Bonchev–Trinajstić information content (AvgIpc) is 0.870. The first kappa shape index (κ1) is 114. The molecule has 0 aromatic heterocycles. The Kier molecular flexibility index (Phi) is 58.8. The summed E-state index contributed by atoms with van der Waals surface area (Å²) in [5.41, 5.74) is 21.8. The van der Waals surface area contributed by atoms with E-state index in [1.54, 1.807) is 133 Å². The number of benzene rings is 6. The third-order valence-corrected chi connectivity index (χ3v) is 19.0. The number of rotatable bonds is 44. The topological polar surface area (TPSA) is 298 Å². The number of carboxylic acids is 2. The number of allylic oxidation sites excluding steroid dienone is 16. The predicted molar refractivity (Wildman–Crippen MR) is 533 cm³/mol. The van der Waals surface area contributed by atoms with E-state index in [0.717, 1.165) is 93.5 Å². The molecule has 0 spiro atoms. The van der Waals surface area contributed by atoms with Crippen molar-refractivity contribution in [2.45, 2.75) is 182 Å².